The van der Waals surface area contributed by atoms with Crippen molar-refractivity contribution in [2.75, 3.05) is 7.11 Å². The minimum atomic E-state index is -0.390. The number of methoxy groups -OCH3 is 1. The molecule has 1 aliphatic rings. The predicted octanol–water partition coefficient (Wildman–Crippen LogP) is 3.05. The second-order valence-corrected chi connectivity index (χ2v) is 4.40. The van der Waals surface area contributed by atoms with Crippen LogP contribution >= 0.6 is 0 Å². The molecule has 5 nitrogen and oxygen atoms in total. The smallest absolute Gasteiger partial charge is 0.195 e. The van der Waals surface area contributed by atoms with Gasteiger partial charge in [0.2, 0.25) is 0 Å². The highest BCUT2D eigenvalue weighted by Crippen LogP contribution is 2.39. The van der Waals surface area contributed by atoms with Crippen molar-refractivity contribution in [3.63, 3.8) is 0 Å². The SMILES string of the molecule is COc1ccc(-c2noc(C)c2C2OC(C)O2)cc1. The molecule has 0 bridgehead atoms. The standard InChI is InChI=1S/C14H15NO4/c1-8-12(14-17-9(2)18-14)13(15-19-8)10-4-6-11(16-3)7-5-10/h4-7,9,14H,1-3H3. The maximum absolute atomic E-state index is 5.52. The number of aromatic nitrogens is 1. The molecular weight excluding hydrogens is 246 g/mol. The predicted molar refractivity (Wildman–Crippen MR) is 67.6 cm³/mol. The second kappa shape index (κ2) is 4.68. The average Bonchev–Trinajstić information content (AvgIpc) is 2.77. The normalized spacial score (nSPS) is 22.1. The molecule has 0 radical (unpaired) electrons. The molecule has 0 N–H and O–H groups in total. The fraction of sp³-hybridized carbons (Fsp3) is 0.357. The third-order valence-corrected chi connectivity index (χ3v) is 3.14. The molecule has 1 aromatic carbocycles. The van der Waals surface area contributed by atoms with E-state index in [0.717, 1.165) is 22.6 Å². The molecule has 19 heavy (non-hydrogen) atoms. The van der Waals surface area contributed by atoms with Crippen LogP contribution in [0.1, 0.15) is 24.5 Å². The molecule has 100 valence electrons. The van der Waals surface area contributed by atoms with Crippen molar-refractivity contribution in [3.05, 3.63) is 35.6 Å². The van der Waals surface area contributed by atoms with Crippen molar-refractivity contribution in [1.82, 2.24) is 5.16 Å². The van der Waals surface area contributed by atoms with Crippen LogP contribution < -0.4 is 4.74 Å². The summed E-state index contributed by atoms with van der Waals surface area (Å²) in [6.45, 7) is 3.71. The molecular formula is C14H15NO4. The molecule has 0 saturated carbocycles. The molecule has 1 aliphatic heterocycles. The molecule has 0 amide bonds. The van der Waals surface area contributed by atoms with E-state index in [1.54, 1.807) is 7.11 Å². The Bertz CT molecular complexity index is 570. The van der Waals surface area contributed by atoms with Crippen LogP contribution in [0.4, 0.5) is 0 Å². The highest BCUT2D eigenvalue weighted by molar-refractivity contribution is 5.64. The lowest BCUT2D eigenvalue weighted by Crippen LogP contribution is -2.32. The van der Waals surface area contributed by atoms with E-state index in [4.69, 9.17) is 18.7 Å². The van der Waals surface area contributed by atoms with Gasteiger partial charge in [0.25, 0.3) is 0 Å². The van der Waals surface area contributed by atoms with E-state index in [0.29, 0.717) is 5.76 Å². The lowest BCUT2D eigenvalue weighted by atomic mass is 10.1. The Morgan fingerprint density at radius 2 is 1.84 bits per heavy atom. The summed E-state index contributed by atoms with van der Waals surface area (Å²) in [6, 6.07) is 7.63. The molecule has 0 unspecified atom stereocenters. The quantitative estimate of drug-likeness (QED) is 0.850. The first-order valence-electron chi connectivity index (χ1n) is 6.10. The van der Waals surface area contributed by atoms with Gasteiger partial charge in [0.15, 0.2) is 12.6 Å². The first-order chi connectivity index (χ1) is 9.19. The largest absolute Gasteiger partial charge is 0.497 e. The van der Waals surface area contributed by atoms with Gasteiger partial charge in [-0.15, -0.1) is 0 Å². The first-order valence-corrected chi connectivity index (χ1v) is 6.10. The van der Waals surface area contributed by atoms with E-state index in [9.17, 15) is 0 Å². The molecule has 1 saturated heterocycles. The molecule has 1 aromatic heterocycles. The molecule has 5 heteroatoms. The number of aryl methyl sites for hydroxylation is 1. The Kier molecular flexibility index (Phi) is 3.00. The van der Waals surface area contributed by atoms with Crippen LogP contribution in [0.5, 0.6) is 5.75 Å². The van der Waals surface area contributed by atoms with Gasteiger partial charge in [-0.3, -0.25) is 0 Å². The average molecular weight is 261 g/mol. The van der Waals surface area contributed by atoms with Crippen LogP contribution in [0, 0.1) is 6.92 Å². The van der Waals surface area contributed by atoms with Crippen LogP contribution in [-0.2, 0) is 9.47 Å². The second-order valence-electron chi connectivity index (χ2n) is 4.40. The molecule has 3 rings (SSSR count). The van der Waals surface area contributed by atoms with Gasteiger partial charge >= 0.3 is 0 Å². The monoisotopic (exact) mass is 261 g/mol. The van der Waals surface area contributed by atoms with Crippen LogP contribution in [-0.4, -0.2) is 18.6 Å². The summed E-state index contributed by atoms with van der Waals surface area (Å²) >= 11 is 0. The van der Waals surface area contributed by atoms with Crippen molar-refractivity contribution in [3.8, 4) is 17.0 Å². The van der Waals surface area contributed by atoms with Gasteiger partial charge in [-0.2, -0.15) is 0 Å². The van der Waals surface area contributed by atoms with Gasteiger partial charge in [0, 0.05) is 5.56 Å². The summed E-state index contributed by atoms with van der Waals surface area (Å²) in [7, 11) is 1.64. The zero-order valence-electron chi connectivity index (χ0n) is 11.0. The fourth-order valence-corrected chi connectivity index (χ4v) is 2.11. The molecule has 1 fully saturated rings. The summed E-state index contributed by atoms with van der Waals surface area (Å²) in [5, 5.41) is 4.09. The highest BCUT2D eigenvalue weighted by Gasteiger charge is 2.34. The topological polar surface area (TPSA) is 53.7 Å². The summed E-state index contributed by atoms with van der Waals surface area (Å²) in [5.74, 6) is 1.51. The zero-order chi connectivity index (χ0) is 13.4. The number of benzene rings is 1. The summed E-state index contributed by atoms with van der Waals surface area (Å²) < 4.78 is 21.4. The van der Waals surface area contributed by atoms with Gasteiger partial charge in [-0.25, -0.2) is 0 Å². The molecule has 2 heterocycles. The summed E-state index contributed by atoms with van der Waals surface area (Å²) in [5.41, 5.74) is 2.54. The van der Waals surface area contributed by atoms with Gasteiger partial charge < -0.3 is 18.7 Å². The van der Waals surface area contributed by atoms with E-state index in [-0.39, 0.29) is 6.29 Å². The number of rotatable bonds is 3. The van der Waals surface area contributed by atoms with Crippen molar-refractivity contribution < 1.29 is 18.7 Å². The van der Waals surface area contributed by atoms with Crippen LogP contribution in [0.3, 0.4) is 0 Å². The highest BCUT2D eigenvalue weighted by atomic mass is 16.9. The first kappa shape index (κ1) is 12.2. The molecule has 0 spiro atoms. The number of ether oxygens (including phenoxy) is 3. The number of nitrogens with zero attached hydrogens (tertiary/aromatic N) is 1. The number of hydrogen-bond donors (Lipinski definition) is 0. The van der Waals surface area contributed by atoms with Crippen LogP contribution in [0.25, 0.3) is 11.3 Å². The van der Waals surface area contributed by atoms with Crippen LogP contribution in [0.15, 0.2) is 28.8 Å². The lowest BCUT2D eigenvalue weighted by Gasteiger charge is -2.33. The van der Waals surface area contributed by atoms with Crippen molar-refractivity contribution in [1.29, 1.82) is 0 Å². The summed E-state index contributed by atoms with van der Waals surface area (Å²) in [4.78, 5) is 0. The van der Waals surface area contributed by atoms with E-state index in [1.807, 2.05) is 38.1 Å². The van der Waals surface area contributed by atoms with Gasteiger partial charge in [0.05, 0.1) is 12.7 Å². The Morgan fingerprint density at radius 1 is 1.16 bits per heavy atom. The summed E-state index contributed by atoms with van der Waals surface area (Å²) in [6.07, 6.45) is -0.568. The van der Waals surface area contributed by atoms with Gasteiger partial charge in [-0.1, -0.05) is 5.16 Å². The van der Waals surface area contributed by atoms with E-state index < -0.39 is 6.29 Å². The van der Waals surface area contributed by atoms with Crippen molar-refractivity contribution in [2.45, 2.75) is 26.4 Å². The van der Waals surface area contributed by atoms with E-state index >= 15 is 0 Å². The van der Waals surface area contributed by atoms with E-state index in [2.05, 4.69) is 5.16 Å². The van der Waals surface area contributed by atoms with E-state index in [1.165, 1.54) is 0 Å². The third kappa shape index (κ3) is 2.11. The number of hydrogen-bond acceptors (Lipinski definition) is 5. The molecule has 2 aromatic rings. The minimum absolute atomic E-state index is 0.178. The third-order valence-electron chi connectivity index (χ3n) is 3.14. The van der Waals surface area contributed by atoms with Gasteiger partial charge in [0.1, 0.15) is 17.2 Å². The van der Waals surface area contributed by atoms with Gasteiger partial charge in [-0.05, 0) is 38.1 Å². The zero-order valence-corrected chi connectivity index (χ0v) is 11.0. The lowest BCUT2D eigenvalue weighted by molar-refractivity contribution is -0.382. The Balaban J connectivity index is 1.95. The Hall–Kier alpha value is -1.85. The molecule has 0 atom stereocenters. The van der Waals surface area contributed by atoms with Crippen LogP contribution in [0.2, 0.25) is 0 Å². The maximum Gasteiger partial charge on any atom is 0.195 e. The molecule has 0 aliphatic carbocycles. The maximum atomic E-state index is 5.52. The fourth-order valence-electron chi connectivity index (χ4n) is 2.11. The Morgan fingerprint density at radius 3 is 2.42 bits per heavy atom. The Labute approximate surface area is 111 Å². The minimum Gasteiger partial charge on any atom is -0.497 e. The van der Waals surface area contributed by atoms with Crippen molar-refractivity contribution in [2.24, 2.45) is 0 Å². The van der Waals surface area contributed by atoms with Crippen molar-refractivity contribution >= 4 is 0 Å².